The van der Waals surface area contributed by atoms with E-state index in [4.69, 9.17) is 14.2 Å². The molecule has 1 aliphatic rings. The molecule has 28 heteroatoms. The molecule has 3 aromatic rings. The molecule has 81 heavy (non-hydrogen) atoms. The summed E-state index contributed by atoms with van der Waals surface area (Å²) < 4.78 is 176. The molecule has 1 saturated heterocycles. The number of aliphatic hydroxyl groups excluding tert-OH is 1. The molecule has 3 aromatic carbocycles. The molecule has 0 spiro atoms. The van der Waals surface area contributed by atoms with Crippen LogP contribution in [0.3, 0.4) is 0 Å². The van der Waals surface area contributed by atoms with Crippen molar-refractivity contribution in [1.82, 2.24) is 30.2 Å². The second-order valence-electron chi connectivity index (χ2n) is 18.9. The van der Waals surface area contributed by atoms with Gasteiger partial charge in [-0.3, -0.25) is 28.8 Å². The fraction of sp³-hybridized carbons (Fsp3) is 0.547. The molecule has 0 aromatic heterocycles. The highest BCUT2D eigenvalue weighted by Crippen LogP contribution is 2.42. The van der Waals surface area contributed by atoms with Gasteiger partial charge in [-0.05, 0) is 85.9 Å². The van der Waals surface area contributed by atoms with Gasteiger partial charge in [0.05, 0.1) is 33.0 Å². The quantitative estimate of drug-likeness (QED) is 0.0344. The summed E-state index contributed by atoms with van der Waals surface area (Å²) in [5.74, 6) is -9.58. The third-order valence-electron chi connectivity index (χ3n) is 13.1. The number of hydrogen-bond acceptors (Lipinski definition) is 10. The number of nitrogens with one attached hydrogen (secondary N) is 2. The van der Waals surface area contributed by atoms with Crippen LogP contribution < -0.4 is 20.1 Å². The van der Waals surface area contributed by atoms with Gasteiger partial charge >= 0.3 is 48.3 Å². The number of nitrogens with zero attached hydrogens (tertiary/aromatic N) is 4. The lowest BCUT2D eigenvalue weighted by molar-refractivity contribution is -0.187. The van der Waals surface area contributed by atoms with Crippen LogP contribution in [0.15, 0.2) is 78.9 Å². The van der Waals surface area contributed by atoms with E-state index >= 15 is 0 Å². The summed E-state index contributed by atoms with van der Waals surface area (Å²) in [6.45, 7) is -5.89. The van der Waals surface area contributed by atoms with Crippen LogP contribution in [0.4, 0.5) is 52.7 Å². The number of carbonyl (C=O) groups excluding carboxylic acids is 6. The molecule has 0 aliphatic carbocycles. The van der Waals surface area contributed by atoms with E-state index in [0.717, 1.165) is 16.7 Å². The third-order valence-corrected chi connectivity index (χ3v) is 13.1. The van der Waals surface area contributed by atoms with Crippen LogP contribution in [0, 0.1) is 0 Å². The van der Waals surface area contributed by atoms with Gasteiger partial charge in [0.1, 0.15) is 17.1 Å². The van der Waals surface area contributed by atoms with Gasteiger partial charge in [-0.15, -0.1) is 0 Å². The zero-order valence-electron chi connectivity index (χ0n) is 44.2. The van der Waals surface area contributed by atoms with Crippen molar-refractivity contribution in [2.24, 2.45) is 0 Å². The van der Waals surface area contributed by atoms with Gasteiger partial charge in [-0.1, -0.05) is 61.0 Å². The van der Waals surface area contributed by atoms with Crippen LogP contribution in [-0.2, 0) is 39.1 Å². The minimum Gasteiger partial charge on any atom is -0.497 e. The molecule has 0 radical (unpaired) electrons. The highest BCUT2D eigenvalue weighted by Gasteiger charge is 2.46. The van der Waals surface area contributed by atoms with Crippen molar-refractivity contribution < 1.29 is 101 Å². The Kier molecular flexibility index (Phi) is 24.9. The number of β-amino-alcohol motifs (C(OH)–C–C–N with tert-alkyl or cyclic N) is 1. The van der Waals surface area contributed by atoms with E-state index in [1.807, 2.05) is 78.9 Å². The summed E-state index contributed by atoms with van der Waals surface area (Å²) in [5.41, 5.74) is 1.12. The zero-order valence-corrected chi connectivity index (χ0v) is 44.2. The number of aliphatic hydroxyl groups is 1. The lowest BCUT2D eigenvalue weighted by Crippen LogP contribution is -2.46. The molecule has 450 valence electrons. The average molecular weight is 1170 g/mol. The smallest absolute Gasteiger partial charge is 0.471 e. The zero-order chi connectivity index (χ0) is 60.2. The highest BCUT2D eigenvalue weighted by molar-refractivity contribution is 5.84. The Morgan fingerprint density at radius 1 is 0.531 bits per heavy atom. The lowest BCUT2D eigenvalue weighted by Gasteiger charge is -2.38. The molecule has 4 rings (SSSR count). The number of rotatable bonds is 30. The second-order valence-corrected chi connectivity index (χ2v) is 18.9. The van der Waals surface area contributed by atoms with E-state index < -0.39 is 150 Å². The van der Waals surface area contributed by atoms with Gasteiger partial charge in [0.25, 0.3) is 0 Å². The minimum atomic E-state index is -5.53. The summed E-state index contributed by atoms with van der Waals surface area (Å²) in [5, 5.41) is 14.7. The number of hydrogen-bond donors (Lipinski definition) is 3. The third kappa shape index (κ3) is 20.3. The van der Waals surface area contributed by atoms with Gasteiger partial charge in [0, 0.05) is 71.7 Å². The second kappa shape index (κ2) is 30.3. The summed E-state index contributed by atoms with van der Waals surface area (Å²) in [6, 6.07) is 23.7. The molecule has 2 atom stereocenters. The SMILES string of the molecule is COc1ccc(C(OC[C@@H]2C[C@@H](O)CN2C(=O)CCCCCNC(=O)CCN(CCCN(CCCCN(CCCNC(=O)C(F)(F)F)C(=O)C(F)(F)F)C(=O)C(F)(F)F)C(=O)C(F)(F)F)(c2ccccc2)c2ccc(OC)cc2)cc1. The Morgan fingerprint density at radius 3 is 1.44 bits per heavy atom. The van der Waals surface area contributed by atoms with Gasteiger partial charge in [-0.25, -0.2) is 0 Å². The summed E-state index contributed by atoms with van der Waals surface area (Å²) >= 11 is 0. The fourth-order valence-corrected chi connectivity index (χ4v) is 9.04. The van der Waals surface area contributed by atoms with Crippen LogP contribution in [0.25, 0.3) is 0 Å². The molecule has 3 N–H and O–H groups in total. The largest absolute Gasteiger partial charge is 0.497 e. The number of benzene rings is 3. The van der Waals surface area contributed by atoms with Crippen molar-refractivity contribution in [2.45, 2.75) is 107 Å². The number of carbonyl (C=O) groups is 6. The van der Waals surface area contributed by atoms with Crippen molar-refractivity contribution in [3.8, 4) is 11.5 Å². The fourth-order valence-electron chi connectivity index (χ4n) is 9.04. The normalized spacial score (nSPS) is 15.0. The van der Waals surface area contributed by atoms with Crippen LogP contribution in [0.5, 0.6) is 11.5 Å². The van der Waals surface area contributed by atoms with Crippen LogP contribution >= 0.6 is 0 Å². The predicted molar refractivity (Wildman–Crippen MR) is 266 cm³/mol. The van der Waals surface area contributed by atoms with E-state index in [1.54, 1.807) is 19.1 Å². The van der Waals surface area contributed by atoms with Crippen LogP contribution in [0.2, 0.25) is 0 Å². The first-order valence-corrected chi connectivity index (χ1v) is 25.7. The molecule has 0 unspecified atom stereocenters. The number of unbranched alkanes of at least 4 members (excludes halogenated alkanes) is 3. The number of methoxy groups -OCH3 is 2. The first kappa shape index (κ1) is 66.7. The maximum atomic E-state index is 13.7. The summed E-state index contributed by atoms with van der Waals surface area (Å²) in [7, 11) is 3.10. The topological polar surface area (TPSA) is 187 Å². The molecule has 1 fully saturated rings. The maximum Gasteiger partial charge on any atom is 0.471 e. The molecular formula is C53H64F12N6O10. The molecule has 0 saturated carbocycles. The molecule has 0 bridgehead atoms. The van der Waals surface area contributed by atoms with Crippen molar-refractivity contribution in [1.29, 1.82) is 0 Å². The van der Waals surface area contributed by atoms with Crippen LogP contribution in [-0.4, -0.2) is 177 Å². The number of alkyl halides is 12. The number of halogens is 12. The minimum absolute atomic E-state index is 0.00817. The van der Waals surface area contributed by atoms with Gasteiger partial charge in [0.15, 0.2) is 0 Å². The van der Waals surface area contributed by atoms with E-state index in [9.17, 15) is 86.6 Å². The first-order chi connectivity index (χ1) is 38.0. The first-order valence-electron chi connectivity index (χ1n) is 25.7. The van der Waals surface area contributed by atoms with E-state index in [1.165, 1.54) is 5.32 Å². The predicted octanol–water partition coefficient (Wildman–Crippen LogP) is 7.45. The van der Waals surface area contributed by atoms with E-state index in [-0.39, 0.29) is 53.1 Å². The summed E-state index contributed by atoms with van der Waals surface area (Å²) in [4.78, 5) is 75.8. The molecule has 1 aliphatic heterocycles. The molecule has 16 nitrogen and oxygen atoms in total. The van der Waals surface area contributed by atoms with Gasteiger partial charge in [0.2, 0.25) is 11.8 Å². The number of ether oxygens (including phenoxy) is 3. The number of likely N-dealkylation sites (tertiary alicyclic amines) is 1. The number of amides is 6. The average Bonchev–Trinajstić information content (AvgIpc) is 3.80. The van der Waals surface area contributed by atoms with Crippen molar-refractivity contribution in [2.75, 3.05) is 79.7 Å². The molecular weight excluding hydrogens is 1110 g/mol. The standard InChI is InChI=1S/C53H64F12N6O10/c1-79-41-20-16-37(17-21-41)49(36-13-5-3-6-14-36,38-18-22-42(80-2)23-19-38)81-35-39-33-40(72)34-71(39)44(74)15-7-4-8-25-66-43(73)24-32-70(48(78)53(63,64)65)31-12-30-69(47(77)52(60,61)62)28-10-9-27-68(46(76)51(57,58)59)29-11-26-67-45(75)50(54,55)56/h3,5-6,13-14,16-23,39-40,72H,4,7-12,15,24-35H2,1-2H3,(H,66,73)(H,67,75)/t39-,40+/m0/s1. The Morgan fingerprint density at radius 2 is 0.975 bits per heavy atom. The van der Waals surface area contributed by atoms with E-state index in [0.29, 0.717) is 30.8 Å². The Hall–Kier alpha value is -6.84. The Labute approximate surface area is 459 Å². The molecule has 1 heterocycles. The van der Waals surface area contributed by atoms with Gasteiger partial charge in [-0.2, -0.15) is 52.7 Å². The molecule has 6 amide bonds. The monoisotopic (exact) mass is 1170 g/mol. The van der Waals surface area contributed by atoms with Gasteiger partial charge < -0.3 is 49.6 Å². The van der Waals surface area contributed by atoms with Crippen LogP contribution in [0.1, 0.15) is 80.9 Å². The van der Waals surface area contributed by atoms with Crippen molar-refractivity contribution in [3.05, 3.63) is 95.6 Å². The van der Waals surface area contributed by atoms with Crippen molar-refractivity contribution >= 4 is 35.4 Å². The van der Waals surface area contributed by atoms with Crippen molar-refractivity contribution in [3.63, 3.8) is 0 Å². The maximum absolute atomic E-state index is 13.7. The summed E-state index contributed by atoms with van der Waals surface area (Å²) in [6.07, 6.45) is -24.2. The Bertz CT molecular complexity index is 2450. The Balaban J connectivity index is 1.28. The highest BCUT2D eigenvalue weighted by atomic mass is 19.4. The lowest BCUT2D eigenvalue weighted by atomic mass is 9.80. The van der Waals surface area contributed by atoms with E-state index in [2.05, 4.69) is 5.32 Å².